The van der Waals surface area contributed by atoms with Crippen molar-refractivity contribution < 1.29 is 26.3 Å². The number of halogens is 6. The molecule has 1 fully saturated rings. The molecule has 0 spiro atoms. The van der Waals surface area contributed by atoms with E-state index in [2.05, 4.69) is 15.3 Å². The zero-order valence-electron chi connectivity index (χ0n) is 11.1. The summed E-state index contributed by atoms with van der Waals surface area (Å²) >= 11 is 0. The molecule has 0 unspecified atom stereocenters. The quantitative estimate of drug-likeness (QED) is 0.786. The summed E-state index contributed by atoms with van der Waals surface area (Å²) in [6, 6.07) is 0.781. The molecule has 1 saturated heterocycles. The van der Waals surface area contributed by atoms with Gasteiger partial charge in [-0.2, -0.15) is 26.3 Å². The van der Waals surface area contributed by atoms with Gasteiger partial charge in [0.05, 0.1) is 16.6 Å². The lowest BCUT2D eigenvalue weighted by Crippen LogP contribution is -2.11. The second-order valence-corrected chi connectivity index (χ2v) is 5.23. The Bertz CT molecular complexity index is 694. The van der Waals surface area contributed by atoms with Gasteiger partial charge >= 0.3 is 12.4 Å². The minimum atomic E-state index is -4.90. The molecule has 0 saturated carbocycles. The van der Waals surface area contributed by atoms with E-state index in [0.717, 1.165) is 0 Å². The predicted octanol–water partition coefficient (Wildman–Crippen LogP) is 3.68. The summed E-state index contributed by atoms with van der Waals surface area (Å²) in [5.74, 6) is 0.160. The van der Waals surface area contributed by atoms with Crippen LogP contribution in [0.5, 0.6) is 0 Å². The number of aromatic nitrogens is 2. The highest BCUT2D eigenvalue weighted by Crippen LogP contribution is 2.39. The number of nitrogens with zero attached hydrogens (tertiary/aromatic N) is 1. The molecule has 1 aliphatic rings. The molecule has 0 aliphatic carbocycles. The number of hydrogen-bond acceptors (Lipinski definition) is 2. The number of H-pyrrole nitrogens is 1. The molecule has 1 aliphatic heterocycles. The van der Waals surface area contributed by atoms with Gasteiger partial charge in [0.25, 0.3) is 0 Å². The largest absolute Gasteiger partial charge is 0.418 e. The Kier molecular flexibility index (Phi) is 3.35. The van der Waals surface area contributed by atoms with E-state index in [-0.39, 0.29) is 23.3 Å². The summed E-state index contributed by atoms with van der Waals surface area (Å²) < 4.78 is 77.5. The Labute approximate surface area is 120 Å². The minimum Gasteiger partial charge on any atom is -0.342 e. The van der Waals surface area contributed by atoms with Crippen LogP contribution in [0.2, 0.25) is 0 Å². The summed E-state index contributed by atoms with van der Waals surface area (Å²) in [6.07, 6.45) is -9.08. The van der Waals surface area contributed by atoms with Crippen LogP contribution in [0.3, 0.4) is 0 Å². The number of alkyl halides is 6. The number of imidazole rings is 1. The van der Waals surface area contributed by atoms with Crippen molar-refractivity contribution in [2.24, 2.45) is 0 Å². The van der Waals surface area contributed by atoms with Crippen LogP contribution >= 0.6 is 0 Å². The Morgan fingerprint density at radius 3 is 2.32 bits per heavy atom. The van der Waals surface area contributed by atoms with Crippen LogP contribution in [0.1, 0.15) is 29.3 Å². The van der Waals surface area contributed by atoms with E-state index in [1.54, 1.807) is 0 Å². The van der Waals surface area contributed by atoms with Crippen LogP contribution in [-0.4, -0.2) is 23.1 Å². The standard InChI is InChI=1S/C13H11F6N3/c14-12(15,16)7-3-8(13(17,18)19)10-9(4-7)21-11(22-10)6-1-2-20-5-6/h3-4,6,20H,1-2,5H2,(H,21,22)/t6-/m1/s1. The first kappa shape index (κ1) is 15.1. The number of hydrogen-bond donors (Lipinski definition) is 2. The van der Waals surface area contributed by atoms with E-state index in [1.165, 1.54) is 0 Å². The highest BCUT2D eigenvalue weighted by Gasteiger charge is 2.39. The van der Waals surface area contributed by atoms with Crippen molar-refractivity contribution in [2.75, 3.05) is 13.1 Å². The van der Waals surface area contributed by atoms with E-state index < -0.39 is 29.0 Å². The van der Waals surface area contributed by atoms with Crippen molar-refractivity contribution in [3.05, 3.63) is 29.1 Å². The first-order valence-electron chi connectivity index (χ1n) is 6.55. The first-order chi connectivity index (χ1) is 10.2. The average Bonchev–Trinajstić information content (AvgIpc) is 3.03. The van der Waals surface area contributed by atoms with E-state index in [1.807, 2.05) is 0 Å². The third kappa shape index (κ3) is 2.65. The zero-order valence-corrected chi connectivity index (χ0v) is 11.1. The van der Waals surface area contributed by atoms with Gasteiger partial charge in [-0.25, -0.2) is 4.98 Å². The lowest BCUT2D eigenvalue weighted by molar-refractivity contribution is -0.142. The van der Waals surface area contributed by atoms with Gasteiger partial charge < -0.3 is 10.3 Å². The summed E-state index contributed by atoms with van der Waals surface area (Å²) in [5.41, 5.74) is -3.43. The molecular weight excluding hydrogens is 312 g/mol. The van der Waals surface area contributed by atoms with Gasteiger partial charge in [-0.15, -0.1) is 0 Å². The maximum atomic E-state index is 13.0. The van der Waals surface area contributed by atoms with Crippen molar-refractivity contribution >= 4 is 11.0 Å². The van der Waals surface area contributed by atoms with Crippen LogP contribution in [0.15, 0.2) is 12.1 Å². The van der Waals surface area contributed by atoms with Crippen LogP contribution in [0.25, 0.3) is 11.0 Å². The Hall–Kier alpha value is -1.77. The SMILES string of the molecule is FC(F)(F)c1cc(C(F)(F)F)c2nc([C@@H]3CCNC3)[nH]c2c1. The number of aromatic amines is 1. The fourth-order valence-corrected chi connectivity index (χ4v) is 2.60. The highest BCUT2D eigenvalue weighted by atomic mass is 19.4. The topological polar surface area (TPSA) is 40.7 Å². The summed E-state index contributed by atoms with van der Waals surface area (Å²) in [7, 11) is 0. The van der Waals surface area contributed by atoms with Gasteiger partial charge in [-0.1, -0.05) is 0 Å². The molecule has 0 radical (unpaired) electrons. The maximum absolute atomic E-state index is 13.0. The van der Waals surface area contributed by atoms with Gasteiger partial charge in [-0.3, -0.25) is 0 Å². The molecule has 2 N–H and O–H groups in total. The van der Waals surface area contributed by atoms with Crippen LogP contribution in [-0.2, 0) is 12.4 Å². The van der Waals surface area contributed by atoms with Crippen molar-refractivity contribution in [1.29, 1.82) is 0 Å². The van der Waals surface area contributed by atoms with Gasteiger partial charge in [0, 0.05) is 12.5 Å². The second kappa shape index (κ2) is 4.87. The molecule has 22 heavy (non-hydrogen) atoms. The van der Waals surface area contributed by atoms with E-state index >= 15 is 0 Å². The van der Waals surface area contributed by atoms with Gasteiger partial charge in [0.15, 0.2) is 0 Å². The fourth-order valence-electron chi connectivity index (χ4n) is 2.60. The molecule has 1 aromatic carbocycles. The fraction of sp³-hybridized carbons (Fsp3) is 0.462. The van der Waals surface area contributed by atoms with Gasteiger partial charge in [0.1, 0.15) is 11.3 Å². The van der Waals surface area contributed by atoms with Crippen molar-refractivity contribution in [2.45, 2.75) is 24.7 Å². The van der Waals surface area contributed by atoms with E-state index in [0.29, 0.717) is 25.6 Å². The van der Waals surface area contributed by atoms with Crippen LogP contribution in [0, 0.1) is 0 Å². The molecule has 1 atom stereocenters. The highest BCUT2D eigenvalue weighted by molar-refractivity contribution is 5.80. The van der Waals surface area contributed by atoms with Crippen LogP contribution < -0.4 is 5.32 Å². The third-order valence-corrected chi connectivity index (χ3v) is 3.68. The third-order valence-electron chi connectivity index (χ3n) is 3.68. The number of fused-ring (bicyclic) bond motifs is 1. The van der Waals surface area contributed by atoms with E-state index in [4.69, 9.17) is 0 Å². The molecule has 9 heteroatoms. The van der Waals surface area contributed by atoms with Crippen molar-refractivity contribution in [3.63, 3.8) is 0 Å². The monoisotopic (exact) mass is 323 g/mol. The first-order valence-corrected chi connectivity index (χ1v) is 6.55. The number of benzene rings is 1. The molecular formula is C13H11F6N3. The maximum Gasteiger partial charge on any atom is 0.418 e. The lowest BCUT2D eigenvalue weighted by Gasteiger charge is -2.11. The Morgan fingerprint density at radius 2 is 1.77 bits per heavy atom. The smallest absolute Gasteiger partial charge is 0.342 e. The second-order valence-electron chi connectivity index (χ2n) is 5.23. The minimum absolute atomic E-state index is 0.111. The molecule has 120 valence electrons. The Balaban J connectivity index is 2.20. The van der Waals surface area contributed by atoms with Crippen molar-refractivity contribution in [1.82, 2.24) is 15.3 Å². The molecule has 2 aromatic rings. The lowest BCUT2D eigenvalue weighted by atomic mass is 10.1. The summed E-state index contributed by atoms with van der Waals surface area (Å²) in [5, 5.41) is 3.03. The summed E-state index contributed by atoms with van der Waals surface area (Å²) in [4.78, 5) is 6.51. The summed E-state index contributed by atoms with van der Waals surface area (Å²) in [6.45, 7) is 1.23. The molecule has 0 amide bonds. The molecule has 3 nitrogen and oxygen atoms in total. The molecule has 2 heterocycles. The Morgan fingerprint density at radius 1 is 1.05 bits per heavy atom. The number of nitrogens with one attached hydrogen (secondary N) is 2. The van der Waals surface area contributed by atoms with Crippen LogP contribution in [0.4, 0.5) is 26.3 Å². The average molecular weight is 323 g/mol. The molecule has 3 rings (SSSR count). The molecule has 1 aromatic heterocycles. The van der Waals surface area contributed by atoms with E-state index in [9.17, 15) is 26.3 Å². The van der Waals surface area contributed by atoms with Gasteiger partial charge in [0.2, 0.25) is 0 Å². The zero-order chi connectivity index (χ0) is 16.1. The normalized spacial score (nSPS) is 20.0. The predicted molar refractivity (Wildman–Crippen MR) is 66.3 cm³/mol. The number of rotatable bonds is 1. The molecule has 0 bridgehead atoms. The van der Waals surface area contributed by atoms with Gasteiger partial charge in [-0.05, 0) is 25.1 Å². The van der Waals surface area contributed by atoms with Crippen molar-refractivity contribution in [3.8, 4) is 0 Å².